The Balaban J connectivity index is 2.16. The van der Waals surface area contributed by atoms with E-state index in [1.165, 1.54) is 12.1 Å². The molecule has 1 aliphatic heterocycles. The summed E-state index contributed by atoms with van der Waals surface area (Å²) in [6.45, 7) is 6.53. The lowest BCUT2D eigenvalue weighted by molar-refractivity contribution is 0.0223. The van der Waals surface area contributed by atoms with Gasteiger partial charge in [0.05, 0.1) is 6.54 Å². The molecule has 1 amide bonds. The highest BCUT2D eigenvalue weighted by Crippen LogP contribution is 2.28. The number of hydrogen-bond donors (Lipinski definition) is 0. The fraction of sp³-hybridized carbons (Fsp3) is 0.500. The van der Waals surface area contributed by atoms with Crippen molar-refractivity contribution in [2.24, 2.45) is 0 Å². The Labute approximate surface area is 120 Å². The zero-order valence-electron chi connectivity index (χ0n) is 11.3. The average molecular weight is 330 g/mol. The first-order chi connectivity index (χ1) is 8.76. The van der Waals surface area contributed by atoms with Crippen LogP contribution in [-0.4, -0.2) is 23.1 Å². The topological polar surface area (TPSA) is 29.5 Å². The van der Waals surface area contributed by atoms with E-state index in [0.717, 1.165) is 11.1 Å². The molecule has 0 spiro atoms. The van der Waals surface area contributed by atoms with Gasteiger partial charge >= 0.3 is 6.09 Å². The van der Waals surface area contributed by atoms with Crippen LogP contribution in [0.5, 0.6) is 0 Å². The lowest BCUT2D eigenvalue weighted by atomic mass is 10.00. The zero-order chi connectivity index (χ0) is 14.2. The predicted molar refractivity (Wildman–Crippen MR) is 74.4 cm³/mol. The molecular formula is C14H17BrFNO2. The lowest BCUT2D eigenvalue weighted by Crippen LogP contribution is -2.40. The lowest BCUT2D eigenvalue weighted by Gasteiger charge is -2.31. The molecule has 5 heteroatoms. The Morgan fingerprint density at radius 2 is 2.11 bits per heavy atom. The fourth-order valence-corrected chi connectivity index (χ4v) is 2.66. The number of carbonyl (C=O) groups is 1. The smallest absolute Gasteiger partial charge is 0.410 e. The summed E-state index contributed by atoms with van der Waals surface area (Å²) < 4.78 is 19.4. The Kier molecular flexibility index (Phi) is 3.85. The van der Waals surface area contributed by atoms with Crippen molar-refractivity contribution in [2.45, 2.75) is 39.3 Å². The molecule has 1 aromatic carbocycles. The van der Waals surface area contributed by atoms with Gasteiger partial charge in [-0.3, -0.25) is 0 Å². The van der Waals surface area contributed by atoms with E-state index >= 15 is 0 Å². The first-order valence-electron chi connectivity index (χ1n) is 6.21. The van der Waals surface area contributed by atoms with Gasteiger partial charge in [-0.05, 0) is 50.5 Å². The molecule has 0 saturated carbocycles. The van der Waals surface area contributed by atoms with Crippen LogP contribution in [0.2, 0.25) is 0 Å². The number of nitrogens with zero attached hydrogens (tertiary/aromatic N) is 1. The van der Waals surface area contributed by atoms with Crippen molar-refractivity contribution in [3.05, 3.63) is 33.5 Å². The summed E-state index contributed by atoms with van der Waals surface area (Å²) in [6.07, 6.45) is 0.319. The minimum atomic E-state index is -0.503. The Bertz CT molecular complexity index is 511. The average Bonchev–Trinajstić information content (AvgIpc) is 2.25. The van der Waals surface area contributed by atoms with Crippen LogP contribution >= 0.6 is 15.9 Å². The third-order valence-electron chi connectivity index (χ3n) is 2.90. The molecular weight excluding hydrogens is 313 g/mol. The molecule has 1 aliphatic rings. The summed E-state index contributed by atoms with van der Waals surface area (Å²) in [5.74, 6) is -0.253. The number of fused-ring (bicyclic) bond motifs is 1. The van der Waals surface area contributed by atoms with Gasteiger partial charge in [-0.25, -0.2) is 9.18 Å². The van der Waals surface area contributed by atoms with E-state index in [2.05, 4.69) is 15.9 Å². The van der Waals surface area contributed by atoms with E-state index in [9.17, 15) is 9.18 Å². The van der Waals surface area contributed by atoms with Gasteiger partial charge in [-0.15, -0.1) is 0 Å². The molecule has 1 heterocycles. The quantitative estimate of drug-likeness (QED) is 0.722. The van der Waals surface area contributed by atoms with Gasteiger partial charge < -0.3 is 9.64 Å². The summed E-state index contributed by atoms with van der Waals surface area (Å²) in [5, 5.41) is 0. The highest BCUT2D eigenvalue weighted by atomic mass is 79.9. The van der Waals surface area contributed by atoms with Crippen LogP contribution in [0.15, 0.2) is 16.6 Å². The summed E-state index contributed by atoms with van der Waals surface area (Å²) >= 11 is 3.35. The maximum atomic E-state index is 13.3. The molecule has 2 rings (SSSR count). The molecule has 0 aliphatic carbocycles. The third-order valence-corrected chi connectivity index (χ3v) is 3.61. The second-order valence-corrected chi connectivity index (χ2v) is 6.53. The van der Waals surface area contributed by atoms with Crippen molar-refractivity contribution in [1.29, 1.82) is 0 Å². The number of halogens is 2. The van der Waals surface area contributed by atoms with Crippen LogP contribution in [-0.2, 0) is 17.7 Å². The molecule has 0 bridgehead atoms. The summed E-state index contributed by atoms with van der Waals surface area (Å²) in [7, 11) is 0. The highest BCUT2D eigenvalue weighted by Gasteiger charge is 2.26. The van der Waals surface area contributed by atoms with Crippen molar-refractivity contribution >= 4 is 22.0 Å². The van der Waals surface area contributed by atoms with Crippen molar-refractivity contribution in [2.75, 3.05) is 6.54 Å². The second-order valence-electron chi connectivity index (χ2n) is 5.68. The highest BCUT2D eigenvalue weighted by molar-refractivity contribution is 9.10. The molecule has 0 fully saturated rings. The third kappa shape index (κ3) is 3.47. The van der Waals surface area contributed by atoms with Crippen molar-refractivity contribution in [3.63, 3.8) is 0 Å². The molecule has 0 saturated heterocycles. The van der Waals surface area contributed by atoms with Gasteiger partial charge in [0.1, 0.15) is 11.4 Å². The molecule has 0 unspecified atom stereocenters. The molecule has 0 N–H and O–H groups in total. The summed E-state index contributed by atoms with van der Waals surface area (Å²) in [6, 6.07) is 2.96. The molecule has 0 atom stereocenters. The van der Waals surface area contributed by atoms with Crippen LogP contribution in [0.3, 0.4) is 0 Å². The number of carbonyl (C=O) groups excluding carboxylic acids is 1. The van der Waals surface area contributed by atoms with Crippen molar-refractivity contribution in [1.82, 2.24) is 4.90 Å². The second kappa shape index (κ2) is 5.12. The Hall–Kier alpha value is -1.10. The summed E-state index contributed by atoms with van der Waals surface area (Å²) in [5.41, 5.74) is 1.40. The van der Waals surface area contributed by atoms with Gasteiger partial charge in [0.25, 0.3) is 0 Å². The van der Waals surface area contributed by atoms with E-state index in [0.29, 0.717) is 24.0 Å². The van der Waals surface area contributed by atoms with Crippen LogP contribution in [0.1, 0.15) is 31.9 Å². The van der Waals surface area contributed by atoms with Crippen LogP contribution in [0, 0.1) is 5.82 Å². The number of amides is 1. The van der Waals surface area contributed by atoms with Gasteiger partial charge in [-0.2, -0.15) is 0 Å². The molecule has 1 aromatic rings. The molecule has 19 heavy (non-hydrogen) atoms. The van der Waals surface area contributed by atoms with Gasteiger partial charge in [0.15, 0.2) is 0 Å². The summed E-state index contributed by atoms with van der Waals surface area (Å²) in [4.78, 5) is 13.7. The van der Waals surface area contributed by atoms with E-state index in [4.69, 9.17) is 4.74 Å². The number of ether oxygens (including phenoxy) is 1. The Morgan fingerprint density at radius 1 is 1.42 bits per heavy atom. The minimum Gasteiger partial charge on any atom is -0.444 e. The molecule has 3 nitrogen and oxygen atoms in total. The molecule has 104 valence electrons. The van der Waals surface area contributed by atoms with Crippen molar-refractivity contribution in [3.8, 4) is 0 Å². The normalized spacial score (nSPS) is 15.1. The number of rotatable bonds is 0. The van der Waals surface area contributed by atoms with Gasteiger partial charge in [-0.1, -0.05) is 15.9 Å². The minimum absolute atomic E-state index is 0.253. The van der Waals surface area contributed by atoms with E-state index < -0.39 is 5.60 Å². The van der Waals surface area contributed by atoms with Crippen molar-refractivity contribution < 1.29 is 13.9 Å². The largest absolute Gasteiger partial charge is 0.444 e. The zero-order valence-corrected chi connectivity index (χ0v) is 12.9. The fourth-order valence-electron chi connectivity index (χ4n) is 2.06. The molecule has 0 aromatic heterocycles. The standard InChI is InChI=1S/C14H17BrFNO2/c1-14(2,3)19-13(18)17-5-4-9-6-10(16)7-12(15)11(9)8-17/h6-7H,4-5,8H2,1-3H3. The monoisotopic (exact) mass is 329 g/mol. The first-order valence-corrected chi connectivity index (χ1v) is 7.00. The van der Waals surface area contributed by atoms with E-state index in [-0.39, 0.29) is 11.9 Å². The van der Waals surface area contributed by atoms with Crippen LogP contribution in [0.25, 0.3) is 0 Å². The predicted octanol–water partition coefficient (Wildman–Crippen LogP) is 3.88. The van der Waals surface area contributed by atoms with E-state index in [1.54, 1.807) is 4.90 Å². The van der Waals surface area contributed by atoms with E-state index in [1.807, 2.05) is 20.8 Å². The first kappa shape index (κ1) is 14.3. The van der Waals surface area contributed by atoms with Gasteiger partial charge in [0, 0.05) is 11.0 Å². The maximum absolute atomic E-state index is 13.3. The molecule has 0 radical (unpaired) electrons. The SMILES string of the molecule is CC(C)(C)OC(=O)N1CCc2cc(F)cc(Br)c2C1. The van der Waals surface area contributed by atoms with Gasteiger partial charge in [0.2, 0.25) is 0 Å². The maximum Gasteiger partial charge on any atom is 0.410 e. The van der Waals surface area contributed by atoms with Crippen LogP contribution < -0.4 is 0 Å². The number of benzene rings is 1. The van der Waals surface area contributed by atoms with Crippen LogP contribution in [0.4, 0.5) is 9.18 Å². The number of hydrogen-bond acceptors (Lipinski definition) is 2. The Morgan fingerprint density at radius 3 is 2.74 bits per heavy atom.